The monoisotopic (exact) mass is 320 g/mol. The standard InChI is InChI=1S/C18H18Cl2O/c19-16-9-8-15(17(20)11-16)10-18(21)14-6-4-13(5-7-14)12-2-1-3-12/h4-9,11-12,18,21H,1-3,10H2. The van der Waals surface area contributed by atoms with Crippen LogP contribution in [0.4, 0.5) is 0 Å². The van der Waals surface area contributed by atoms with E-state index in [-0.39, 0.29) is 0 Å². The van der Waals surface area contributed by atoms with Crippen LogP contribution in [-0.2, 0) is 6.42 Å². The highest BCUT2D eigenvalue weighted by Gasteiger charge is 2.19. The molecule has 1 aliphatic rings. The second kappa shape index (κ2) is 6.39. The van der Waals surface area contributed by atoms with Crippen LogP contribution in [0.2, 0.25) is 10.0 Å². The molecule has 0 aromatic heterocycles. The smallest absolute Gasteiger partial charge is 0.0830 e. The Kier molecular flexibility index (Phi) is 4.54. The molecular weight excluding hydrogens is 303 g/mol. The number of halogens is 2. The van der Waals surface area contributed by atoms with Gasteiger partial charge in [-0.2, -0.15) is 0 Å². The van der Waals surface area contributed by atoms with E-state index in [1.165, 1.54) is 24.8 Å². The van der Waals surface area contributed by atoms with E-state index in [1.54, 1.807) is 12.1 Å². The lowest BCUT2D eigenvalue weighted by atomic mass is 9.80. The van der Waals surface area contributed by atoms with Crippen molar-refractivity contribution >= 4 is 23.2 Å². The van der Waals surface area contributed by atoms with Crippen LogP contribution in [0.15, 0.2) is 42.5 Å². The lowest BCUT2D eigenvalue weighted by Crippen LogP contribution is -2.09. The van der Waals surface area contributed by atoms with Crippen LogP contribution in [0.25, 0.3) is 0 Å². The molecule has 0 aliphatic heterocycles. The predicted molar refractivity (Wildman–Crippen MR) is 88.2 cm³/mol. The number of benzene rings is 2. The third-order valence-corrected chi connectivity index (χ3v) is 4.91. The first-order valence-corrected chi connectivity index (χ1v) is 8.11. The molecule has 1 saturated carbocycles. The molecule has 1 aliphatic carbocycles. The Morgan fingerprint density at radius 1 is 1.05 bits per heavy atom. The zero-order valence-corrected chi connectivity index (χ0v) is 13.2. The first kappa shape index (κ1) is 14.9. The lowest BCUT2D eigenvalue weighted by molar-refractivity contribution is 0.178. The normalized spacial score (nSPS) is 16.5. The van der Waals surface area contributed by atoms with E-state index < -0.39 is 6.10 Å². The minimum Gasteiger partial charge on any atom is -0.388 e. The number of hydrogen-bond acceptors (Lipinski definition) is 1. The molecule has 1 atom stereocenters. The van der Waals surface area contributed by atoms with Gasteiger partial charge in [-0.1, -0.05) is 60.0 Å². The van der Waals surface area contributed by atoms with Crippen LogP contribution in [0.3, 0.4) is 0 Å². The largest absolute Gasteiger partial charge is 0.388 e. The zero-order valence-electron chi connectivity index (χ0n) is 11.7. The van der Waals surface area contributed by atoms with Gasteiger partial charge in [-0.3, -0.25) is 0 Å². The van der Waals surface area contributed by atoms with Gasteiger partial charge >= 0.3 is 0 Å². The van der Waals surface area contributed by atoms with Gasteiger partial charge in [0.1, 0.15) is 0 Å². The Balaban J connectivity index is 1.70. The van der Waals surface area contributed by atoms with E-state index in [0.717, 1.165) is 17.0 Å². The molecule has 0 heterocycles. The molecule has 0 radical (unpaired) electrons. The van der Waals surface area contributed by atoms with Gasteiger partial charge in [0.2, 0.25) is 0 Å². The SMILES string of the molecule is OC(Cc1ccc(Cl)cc1Cl)c1ccc(C2CCC2)cc1. The minimum absolute atomic E-state index is 0.499. The molecule has 110 valence electrons. The van der Waals surface area contributed by atoms with E-state index in [2.05, 4.69) is 12.1 Å². The zero-order chi connectivity index (χ0) is 14.8. The summed E-state index contributed by atoms with van der Waals surface area (Å²) >= 11 is 12.0. The fraction of sp³-hybridized carbons (Fsp3) is 0.333. The Bertz CT molecular complexity index is 618. The highest BCUT2D eigenvalue weighted by atomic mass is 35.5. The molecule has 0 spiro atoms. The van der Waals surface area contributed by atoms with Crippen molar-refractivity contribution < 1.29 is 5.11 Å². The van der Waals surface area contributed by atoms with Crippen molar-refractivity contribution in [3.05, 3.63) is 69.2 Å². The number of aliphatic hydroxyl groups is 1. The summed E-state index contributed by atoms with van der Waals surface area (Å²) in [5.41, 5.74) is 3.24. The van der Waals surface area contributed by atoms with Crippen LogP contribution in [-0.4, -0.2) is 5.11 Å². The van der Waals surface area contributed by atoms with Gasteiger partial charge < -0.3 is 5.11 Å². The Hall–Kier alpha value is -1.02. The summed E-state index contributed by atoms with van der Waals surface area (Å²) in [5.74, 6) is 0.724. The molecule has 0 amide bonds. The van der Waals surface area contributed by atoms with Crippen LogP contribution >= 0.6 is 23.2 Å². The molecule has 1 unspecified atom stereocenters. The molecule has 2 aromatic rings. The molecule has 0 bridgehead atoms. The van der Waals surface area contributed by atoms with Crippen LogP contribution < -0.4 is 0 Å². The van der Waals surface area contributed by atoms with Crippen molar-refractivity contribution in [1.82, 2.24) is 0 Å². The number of rotatable bonds is 4. The van der Waals surface area contributed by atoms with Gasteiger partial charge in [0.05, 0.1) is 6.10 Å². The molecule has 1 nitrogen and oxygen atoms in total. The molecular formula is C18H18Cl2O. The van der Waals surface area contributed by atoms with Crippen molar-refractivity contribution in [2.45, 2.75) is 37.7 Å². The van der Waals surface area contributed by atoms with E-state index in [9.17, 15) is 5.11 Å². The first-order valence-electron chi connectivity index (χ1n) is 7.35. The average molecular weight is 321 g/mol. The van der Waals surface area contributed by atoms with Crippen molar-refractivity contribution in [3.8, 4) is 0 Å². The summed E-state index contributed by atoms with van der Waals surface area (Å²) in [6.45, 7) is 0. The molecule has 3 rings (SSSR count). The van der Waals surface area contributed by atoms with Crippen molar-refractivity contribution in [3.63, 3.8) is 0 Å². The van der Waals surface area contributed by atoms with Crippen molar-refractivity contribution in [2.75, 3.05) is 0 Å². The predicted octanol–water partition coefficient (Wildman–Crippen LogP) is 5.54. The highest BCUT2D eigenvalue weighted by molar-refractivity contribution is 6.35. The maximum Gasteiger partial charge on any atom is 0.0830 e. The lowest BCUT2D eigenvalue weighted by Gasteiger charge is -2.26. The van der Waals surface area contributed by atoms with Gasteiger partial charge in [-0.25, -0.2) is 0 Å². The van der Waals surface area contributed by atoms with Gasteiger partial charge in [-0.15, -0.1) is 0 Å². The van der Waals surface area contributed by atoms with Gasteiger partial charge in [0.25, 0.3) is 0 Å². The fourth-order valence-electron chi connectivity index (χ4n) is 2.75. The average Bonchev–Trinajstić information content (AvgIpc) is 2.41. The van der Waals surface area contributed by atoms with Gasteiger partial charge in [0.15, 0.2) is 0 Å². The molecule has 1 fully saturated rings. The Labute approximate surface area is 135 Å². The maximum absolute atomic E-state index is 10.4. The summed E-state index contributed by atoms with van der Waals surface area (Å²) in [6, 6.07) is 13.7. The van der Waals surface area contributed by atoms with Crippen molar-refractivity contribution in [1.29, 1.82) is 0 Å². The van der Waals surface area contributed by atoms with Crippen molar-refractivity contribution in [2.24, 2.45) is 0 Å². The van der Waals surface area contributed by atoms with Crippen LogP contribution in [0, 0.1) is 0 Å². The molecule has 0 saturated heterocycles. The van der Waals surface area contributed by atoms with E-state index in [0.29, 0.717) is 16.5 Å². The minimum atomic E-state index is -0.542. The maximum atomic E-state index is 10.4. The number of aliphatic hydroxyl groups excluding tert-OH is 1. The summed E-state index contributed by atoms with van der Waals surface area (Å²) in [5, 5.41) is 11.6. The van der Waals surface area contributed by atoms with E-state index in [1.807, 2.05) is 18.2 Å². The highest BCUT2D eigenvalue weighted by Crippen LogP contribution is 2.36. The topological polar surface area (TPSA) is 20.2 Å². The van der Waals surface area contributed by atoms with Crippen LogP contribution in [0.5, 0.6) is 0 Å². The Morgan fingerprint density at radius 3 is 2.33 bits per heavy atom. The van der Waals surface area contributed by atoms with E-state index >= 15 is 0 Å². The Morgan fingerprint density at radius 2 is 1.76 bits per heavy atom. The first-order chi connectivity index (χ1) is 10.1. The quantitative estimate of drug-likeness (QED) is 0.784. The third kappa shape index (κ3) is 3.42. The summed E-state index contributed by atoms with van der Waals surface area (Å²) in [4.78, 5) is 0. The summed E-state index contributed by atoms with van der Waals surface area (Å²) in [6.07, 6.45) is 3.88. The number of hydrogen-bond donors (Lipinski definition) is 1. The fourth-order valence-corrected chi connectivity index (χ4v) is 3.23. The van der Waals surface area contributed by atoms with Gasteiger partial charge in [-0.05, 0) is 47.6 Å². The van der Waals surface area contributed by atoms with Crippen LogP contribution in [0.1, 0.15) is 48.0 Å². The third-order valence-electron chi connectivity index (χ3n) is 4.33. The molecule has 21 heavy (non-hydrogen) atoms. The molecule has 1 N–H and O–H groups in total. The second-order valence-electron chi connectivity index (χ2n) is 5.75. The second-order valence-corrected chi connectivity index (χ2v) is 6.59. The van der Waals surface area contributed by atoms with E-state index in [4.69, 9.17) is 23.2 Å². The van der Waals surface area contributed by atoms with Gasteiger partial charge in [0, 0.05) is 16.5 Å². The molecule has 3 heteroatoms. The summed E-state index contributed by atoms with van der Waals surface area (Å²) in [7, 11) is 0. The summed E-state index contributed by atoms with van der Waals surface area (Å²) < 4.78 is 0. The molecule has 2 aromatic carbocycles.